The molecule has 0 radical (unpaired) electrons. The van der Waals surface area contributed by atoms with E-state index >= 15 is 0 Å². The molecule has 2 rings (SSSR count). The van der Waals surface area contributed by atoms with Gasteiger partial charge < -0.3 is 10.1 Å². The number of fused-ring (bicyclic) bond motifs is 1. The molecule has 1 heterocycles. The highest BCUT2D eigenvalue weighted by Gasteiger charge is 2.13. The number of carbonyl (C=O) groups is 2. The fourth-order valence-electron chi connectivity index (χ4n) is 1.68. The van der Waals surface area contributed by atoms with Gasteiger partial charge in [0.25, 0.3) is 0 Å². The Morgan fingerprint density at radius 1 is 1.43 bits per heavy atom. The number of anilines is 1. The maximum atomic E-state index is 11.9. The number of ether oxygens (including phenoxy) is 1. The van der Waals surface area contributed by atoms with Crippen LogP contribution in [0.3, 0.4) is 0 Å². The number of carbonyl (C=O) groups excluding carboxylic acids is 2. The third-order valence-electron chi connectivity index (χ3n) is 2.72. The lowest BCUT2D eigenvalue weighted by Gasteiger charge is -2.08. The molecule has 0 aliphatic heterocycles. The van der Waals surface area contributed by atoms with Crippen molar-refractivity contribution in [1.29, 1.82) is 0 Å². The molecule has 1 unspecified atom stereocenters. The summed E-state index contributed by atoms with van der Waals surface area (Å²) in [5.74, 6) is -0.0917. The maximum Gasteiger partial charge on any atom is 0.306 e. The lowest BCUT2D eigenvalue weighted by Crippen LogP contribution is -2.17. The van der Waals surface area contributed by atoms with E-state index < -0.39 is 0 Å². The molecule has 0 saturated heterocycles. The van der Waals surface area contributed by atoms with Crippen LogP contribution in [-0.2, 0) is 14.3 Å². The minimum Gasteiger partial charge on any atom is -0.469 e. The summed E-state index contributed by atoms with van der Waals surface area (Å²) >= 11 is 2.87. The summed E-state index contributed by atoms with van der Waals surface area (Å²) in [5.41, 5.74) is 0.879. The second-order valence-electron chi connectivity index (χ2n) is 4.44. The first-order chi connectivity index (χ1) is 10.1. The number of nitrogens with one attached hydrogen (secondary N) is 1. The molecule has 0 saturated carbocycles. The van der Waals surface area contributed by atoms with Crippen LogP contribution in [0.2, 0.25) is 0 Å². The third-order valence-corrected chi connectivity index (χ3v) is 4.84. The molecule has 21 heavy (non-hydrogen) atoms. The molecule has 0 aliphatic carbocycles. The first kappa shape index (κ1) is 15.8. The summed E-state index contributed by atoms with van der Waals surface area (Å²) in [5, 5.41) is 3.43. The summed E-state index contributed by atoms with van der Waals surface area (Å²) in [6.45, 7) is 1.90. The van der Waals surface area contributed by atoms with Crippen LogP contribution in [0.1, 0.15) is 13.3 Å². The standard InChI is InChI=1S/C14H16N2O3S2/c1-9(7-13(18)19-2)20-8-12(17)16-14-15-10-5-3-4-6-11(10)21-14/h3-6,9H,7-8H2,1-2H3,(H,15,16,17). The maximum absolute atomic E-state index is 11.9. The fraction of sp³-hybridized carbons (Fsp3) is 0.357. The van der Waals surface area contributed by atoms with E-state index in [1.54, 1.807) is 0 Å². The van der Waals surface area contributed by atoms with Gasteiger partial charge in [-0.2, -0.15) is 0 Å². The molecule has 0 bridgehead atoms. The highest BCUT2D eigenvalue weighted by molar-refractivity contribution is 8.00. The van der Waals surface area contributed by atoms with Crippen LogP contribution < -0.4 is 5.32 Å². The van der Waals surface area contributed by atoms with Crippen molar-refractivity contribution in [1.82, 2.24) is 4.98 Å². The van der Waals surface area contributed by atoms with Gasteiger partial charge in [-0.05, 0) is 12.1 Å². The van der Waals surface area contributed by atoms with Crippen molar-refractivity contribution in [2.45, 2.75) is 18.6 Å². The molecule has 0 spiro atoms. The van der Waals surface area contributed by atoms with Gasteiger partial charge in [0.2, 0.25) is 5.91 Å². The van der Waals surface area contributed by atoms with Crippen LogP contribution in [0.25, 0.3) is 10.2 Å². The number of thiazole rings is 1. The molecule has 1 atom stereocenters. The van der Waals surface area contributed by atoms with Gasteiger partial charge in [0.15, 0.2) is 5.13 Å². The summed E-state index contributed by atoms with van der Waals surface area (Å²) in [6, 6.07) is 7.74. The van der Waals surface area contributed by atoms with Gasteiger partial charge in [-0.3, -0.25) is 9.59 Å². The number of para-hydroxylation sites is 1. The highest BCUT2D eigenvalue weighted by atomic mass is 32.2. The van der Waals surface area contributed by atoms with E-state index in [1.165, 1.54) is 30.2 Å². The molecule has 0 aliphatic rings. The topological polar surface area (TPSA) is 68.3 Å². The van der Waals surface area contributed by atoms with Crippen molar-refractivity contribution in [3.8, 4) is 0 Å². The number of benzene rings is 1. The normalized spacial score (nSPS) is 12.1. The van der Waals surface area contributed by atoms with Crippen molar-refractivity contribution in [2.24, 2.45) is 0 Å². The van der Waals surface area contributed by atoms with E-state index in [4.69, 9.17) is 0 Å². The van der Waals surface area contributed by atoms with Gasteiger partial charge in [0.05, 0.1) is 29.5 Å². The van der Waals surface area contributed by atoms with Crippen LogP contribution in [0.5, 0.6) is 0 Å². The minimum absolute atomic E-state index is 0.0403. The molecule has 5 nitrogen and oxygen atoms in total. The molecule has 1 aromatic carbocycles. The Morgan fingerprint density at radius 3 is 2.90 bits per heavy atom. The molecule has 7 heteroatoms. The minimum atomic E-state index is -0.262. The molecule has 1 N–H and O–H groups in total. The number of hydrogen-bond acceptors (Lipinski definition) is 6. The van der Waals surface area contributed by atoms with E-state index in [1.807, 2.05) is 31.2 Å². The number of hydrogen-bond donors (Lipinski definition) is 1. The molecule has 0 fully saturated rings. The van der Waals surface area contributed by atoms with Crippen molar-refractivity contribution < 1.29 is 14.3 Å². The second-order valence-corrected chi connectivity index (χ2v) is 6.89. The van der Waals surface area contributed by atoms with E-state index in [0.717, 1.165) is 10.2 Å². The molecule has 2 aromatic rings. The van der Waals surface area contributed by atoms with Crippen molar-refractivity contribution in [3.63, 3.8) is 0 Å². The Labute approximate surface area is 131 Å². The average Bonchev–Trinajstić information content (AvgIpc) is 2.87. The van der Waals surface area contributed by atoms with E-state index in [0.29, 0.717) is 11.6 Å². The van der Waals surface area contributed by atoms with E-state index in [-0.39, 0.29) is 22.9 Å². The smallest absolute Gasteiger partial charge is 0.306 e. The Bertz CT molecular complexity index is 609. The molecular weight excluding hydrogens is 308 g/mol. The largest absolute Gasteiger partial charge is 0.469 e. The number of nitrogens with zero attached hydrogens (tertiary/aromatic N) is 1. The van der Waals surface area contributed by atoms with Gasteiger partial charge in [0, 0.05) is 5.25 Å². The number of esters is 1. The first-order valence-corrected chi connectivity index (χ1v) is 8.29. The Morgan fingerprint density at radius 2 is 2.19 bits per heavy atom. The Balaban J connectivity index is 1.83. The average molecular weight is 324 g/mol. The summed E-state index contributed by atoms with van der Waals surface area (Å²) in [6.07, 6.45) is 0.301. The zero-order valence-corrected chi connectivity index (χ0v) is 13.4. The van der Waals surface area contributed by atoms with Crippen molar-refractivity contribution in [2.75, 3.05) is 18.2 Å². The number of amides is 1. The number of aromatic nitrogens is 1. The quantitative estimate of drug-likeness (QED) is 0.828. The number of methoxy groups -OCH3 is 1. The highest BCUT2D eigenvalue weighted by Crippen LogP contribution is 2.25. The van der Waals surface area contributed by atoms with Crippen LogP contribution in [0.4, 0.5) is 5.13 Å². The lowest BCUT2D eigenvalue weighted by molar-refractivity contribution is -0.140. The number of thioether (sulfide) groups is 1. The predicted octanol–water partition coefficient (Wildman–Crippen LogP) is 2.92. The summed E-state index contributed by atoms with van der Waals surface area (Å²) < 4.78 is 5.64. The van der Waals surface area contributed by atoms with Crippen LogP contribution in [0, 0.1) is 0 Å². The Kier molecular flexibility index (Phi) is 5.58. The first-order valence-electron chi connectivity index (χ1n) is 6.42. The zero-order chi connectivity index (χ0) is 15.2. The fourth-order valence-corrected chi connectivity index (χ4v) is 3.32. The zero-order valence-electron chi connectivity index (χ0n) is 11.8. The molecule has 1 amide bonds. The SMILES string of the molecule is COC(=O)CC(C)SCC(=O)Nc1nc2ccccc2s1. The molecule has 112 valence electrons. The van der Waals surface area contributed by atoms with E-state index in [2.05, 4.69) is 15.0 Å². The third kappa shape index (κ3) is 4.71. The van der Waals surface area contributed by atoms with Crippen molar-refractivity contribution in [3.05, 3.63) is 24.3 Å². The van der Waals surface area contributed by atoms with Gasteiger partial charge in [-0.1, -0.05) is 30.4 Å². The second kappa shape index (κ2) is 7.42. The van der Waals surface area contributed by atoms with Crippen LogP contribution >= 0.6 is 23.1 Å². The summed E-state index contributed by atoms with van der Waals surface area (Å²) in [4.78, 5) is 27.3. The molecule has 1 aromatic heterocycles. The molecular formula is C14H16N2O3S2. The van der Waals surface area contributed by atoms with Gasteiger partial charge in [0.1, 0.15) is 0 Å². The van der Waals surface area contributed by atoms with E-state index in [9.17, 15) is 9.59 Å². The lowest BCUT2D eigenvalue weighted by atomic mass is 10.3. The predicted molar refractivity (Wildman–Crippen MR) is 86.8 cm³/mol. The monoisotopic (exact) mass is 324 g/mol. The Hall–Kier alpha value is -1.60. The van der Waals surface area contributed by atoms with Gasteiger partial charge in [-0.25, -0.2) is 4.98 Å². The van der Waals surface area contributed by atoms with Crippen LogP contribution in [0.15, 0.2) is 24.3 Å². The number of rotatable bonds is 6. The van der Waals surface area contributed by atoms with Crippen molar-refractivity contribution >= 4 is 50.3 Å². The van der Waals surface area contributed by atoms with Gasteiger partial charge >= 0.3 is 5.97 Å². The van der Waals surface area contributed by atoms with Crippen LogP contribution in [-0.4, -0.2) is 35.0 Å². The summed E-state index contributed by atoms with van der Waals surface area (Å²) in [7, 11) is 1.36. The van der Waals surface area contributed by atoms with Gasteiger partial charge in [-0.15, -0.1) is 11.8 Å².